The highest BCUT2D eigenvalue weighted by Gasteiger charge is 2.34. The Bertz CT molecular complexity index is 466. The van der Waals surface area contributed by atoms with Gasteiger partial charge in [0.2, 0.25) is 0 Å². The van der Waals surface area contributed by atoms with Crippen LogP contribution in [-0.4, -0.2) is 77.9 Å². The predicted octanol–water partition coefficient (Wildman–Crippen LogP) is -1.05. The van der Waals surface area contributed by atoms with Crippen molar-refractivity contribution in [2.45, 2.75) is 17.9 Å². The first kappa shape index (κ1) is 17.1. The second kappa shape index (κ2) is 7.14. The van der Waals surface area contributed by atoms with E-state index in [-0.39, 0.29) is 13.0 Å². The molecule has 0 bridgehead atoms. The number of thioether (sulfide) groups is 1. The van der Waals surface area contributed by atoms with Gasteiger partial charge in [-0.2, -0.15) is 11.8 Å². The predicted molar refractivity (Wildman–Crippen MR) is 74.3 cm³/mol. The van der Waals surface area contributed by atoms with Gasteiger partial charge in [0.15, 0.2) is 15.9 Å². The zero-order chi connectivity index (χ0) is 15.3. The summed E-state index contributed by atoms with van der Waals surface area (Å²) in [4.78, 5) is 23.6. The number of rotatable bonds is 5. The summed E-state index contributed by atoms with van der Waals surface area (Å²) in [6.07, 6.45) is -0.594. The Kier molecular flexibility index (Phi) is 6.08. The first-order valence-corrected chi connectivity index (χ1v) is 9.06. The first-order chi connectivity index (χ1) is 9.23. The molecule has 0 saturated carbocycles. The number of sulfone groups is 1. The average molecular weight is 326 g/mol. The Balaban J connectivity index is 2.54. The van der Waals surface area contributed by atoms with Crippen LogP contribution in [0.25, 0.3) is 0 Å². The molecule has 2 unspecified atom stereocenters. The molecular weight excluding hydrogens is 308 g/mol. The van der Waals surface area contributed by atoms with Gasteiger partial charge in [-0.05, 0) is 0 Å². The Hall–Kier alpha value is -1.00. The molecule has 0 radical (unpaired) electrons. The fourth-order valence-electron chi connectivity index (χ4n) is 1.71. The number of carbonyl (C=O) groups excluding carboxylic acids is 1. The Labute approximate surface area is 121 Å². The fourth-order valence-corrected chi connectivity index (χ4v) is 4.52. The Morgan fingerprint density at radius 1 is 1.50 bits per heavy atom. The normalized spacial score (nSPS) is 21.3. The number of nitrogens with zero attached hydrogens (tertiary/aromatic N) is 1. The van der Waals surface area contributed by atoms with Crippen LogP contribution in [0.1, 0.15) is 6.42 Å². The summed E-state index contributed by atoms with van der Waals surface area (Å²) < 4.78 is 23.2. The van der Waals surface area contributed by atoms with E-state index in [1.807, 2.05) is 0 Å². The average Bonchev–Trinajstić information content (AvgIpc) is 2.37. The summed E-state index contributed by atoms with van der Waals surface area (Å²) in [6.45, 7) is 0.280. The molecule has 20 heavy (non-hydrogen) atoms. The van der Waals surface area contributed by atoms with Gasteiger partial charge in [0.25, 0.3) is 0 Å². The number of aliphatic carboxylic acids is 1. The highest BCUT2D eigenvalue weighted by Crippen LogP contribution is 2.20. The highest BCUT2D eigenvalue weighted by atomic mass is 32.2. The van der Waals surface area contributed by atoms with Gasteiger partial charge in [0.05, 0.1) is 0 Å². The van der Waals surface area contributed by atoms with E-state index >= 15 is 0 Å². The summed E-state index contributed by atoms with van der Waals surface area (Å²) >= 11 is 1.47. The zero-order valence-electron chi connectivity index (χ0n) is 11.0. The lowest BCUT2D eigenvalue weighted by atomic mass is 10.2. The molecule has 0 aromatic carbocycles. The maximum absolute atomic E-state index is 11.9. The van der Waals surface area contributed by atoms with E-state index in [1.54, 1.807) is 0 Å². The summed E-state index contributed by atoms with van der Waals surface area (Å²) in [5.74, 6) is -0.385. The number of amides is 2. The van der Waals surface area contributed by atoms with Crippen LogP contribution in [-0.2, 0) is 14.6 Å². The molecule has 3 N–H and O–H groups in total. The number of urea groups is 1. The monoisotopic (exact) mass is 326 g/mol. The third-order valence-corrected chi connectivity index (χ3v) is 5.46. The second-order valence-electron chi connectivity index (χ2n) is 4.43. The van der Waals surface area contributed by atoms with Crippen LogP contribution >= 0.6 is 11.8 Å². The van der Waals surface area contributed by atoms with Crippen LogP contribution in [0.3, 0.4) is 0 Å². The van der Waals surface area contributed by atoms with E-state index in [2.05, 4.69) is 5.32 Å². The van der Waals surface area contributed by atoms with Crippen molar-refractivity contribution in [2.24, 2.45) is 0 Å². The SMILES string of the molecule is CS(=O)(=O)C1CSCCN1C(=O)NCCC(O)C(=O)O. The summed E-state index contributed by atoms with van der Waals surface area (Å²) in [6, 6.07) is -0.557. The van der Waals surface area contributed by atoms with Gasteiger partial charge < -0.3 is 20.4 Å². The molecule has 0 spiro atoms. The van der Waals surface area contributed by atoms with E-state index in [9.17, 15) is 18.0 Å². The van der Waals surface area contributed by atoms with E-state index in [1.165, 1.54) is 16.7 Å². The van der Waals surface area contributed by atoms with E-state index in [0.717, 1.165) is 6.26 Å². The van der Waals surface area contributed by atoms with Crippen molar-refractivity contribution in [1.29, 1.82) is 0 Å². The van der Waals surface area contributed by atoms with E-state index < -0.39 is 33.3 Å². The molecule has 1 fully saturated rings. The van der Waals surface area contributed by atoms with Gasteiger partial charge in [0.1, 0.15) is 5.37 Å². The van der Waals surface area contributed by atoms with Crippen molar-refractivity contribution in [2.75, 3.05) is 30.9 Å². The van der Waals surface area contributed by atoms with Crippen molar-refractivity contribution >= 4 is 33.6 Å². The number of aliphatic hydroxyl groups is 1. The summed E-state index contributed by atoms with van der Waals surface area (Å²) in [7, 11) is -3.37. The van der Waals surface area contributed by atoms with Crippen LogP contribution in [0.5, 0.6) is 0 Å². The molecule has 0 aliphatic carbocycles. The minimum atomic E-state index is -3.37. The van der Waals surface area contributed by atoms with Crippen LogP contribution < -0.4 is 5.32 Å². The molecule has 1 heterocycles. The molecule has 1 aliphatic heterocycles. The summed E-state index contributed by atoms with van der Waals surface area (Å²) in [5.41, 5.74) is 0. The molecule has 1 saturated heterocycles. The van der Waals surface area contributed by atoms with Crippen LogP contribution in [0.2, 0.25) is 0 Å². The number of aliphatic hydroxyl groups excluding tert-OH is 1. The minimum absolute atomic E-state index is 0.0353. The smallest absolute Gasteiger partial charge is 0.332 e. The number of nitrogens with one attached hydrogen (secondary N) is 1. The quantitative estimate of drug-likeness (QED) is 0.589. The number of carboxylic acid groups (broad SMARTS) is 1. The highest BCUT2D eigenvalue weighted by molar-refractivity contribution is 8.00. The van der Waals surface area contributed by atoms with Gasteiger partial charge in [-0.3, -0.25) is 0 Å². The van der Waals surface area contributed by atoms with Crippen molar-refractivity contribution < 1.29 is 28.2 Å². The van der Waals surface area contributed by atoms with Crippen LogP contribution in [0, 0.1) is 0 Å². The zero-order valence-corrected chi connectivity index (χ0v) is 12.6. The molecule has 8 nitrogen and oxygen atoms in total. The van der Waals surface area contributed by atoms with Gasteiger partial charge in [-0.15, -0.1) is 0 Å². The molecule has 10 heteroatoms. The largest absolute Gasteiger partial charge is 0.479 e. The van der Waals surface area contributed by atoms with E-state index in [4.69, 9.17) is 10.2 Å². The number of carbonyl (C=O) groups is 2. The molecular formula is C10H18N2O6S2. The van der Waals surface area contributed by atoms with Crippen molar-refractivity contribution in [3.63, 3.8) is 0 Å². The maximum atomic E-state index is 11.9. The number of hydrogen-bond donors (Lipinski definition) is 3. The van der Waals surface area contributed by atoms with Crippen LogP contribution in [0.4, 0.5) is 4.79 Å². The van der Waals surface area contributed by atoms with Gasteiger partial charge in [-0.25, -0.2) is 18.0 Å². The van der Waals surface area contributed by atoms with Crippen molar-refractivity contribution in [3.05, 3.63) is 0 Å². The van der Waals surface area contributed by atoms with E-state index in [0.29, 0.717) is 18.1 Å². The van der Waals surface area contributed by atoms with Gasteiger partial charge in [-0.1, -0.05) is 0 Å². The number of hydrogen-bond acceptors (Lipinski definition) is 6. The van der Waals surface area contributed by atoms with Crippen molar-refractivity contribution in [3.8, 4) is 0 Å². The third kappa shape index (κ3) is 4.84. The summed E-state index contributed by atoms with van der Waals surface area (Å²) in [5, 5.41) is 19.1. The first-order valence-electron chi connectivity index (χ1n) is 5.95. The molecule has 1 aliphatic rings. The lowest BCUT2D eigenvalue weighted by Crippen LogP contribution is -2.53. The second-order valence-corrected chi connectivity index (χ2v) is 7.78. The molecule has 116 valence electrons. The molecule has 0 aromatic rings. The lowest BCUT2D eigenvalue weighted by Gasteiger charge is -2.34. The Morgan fingerprint density at radius 3 is 2.70 bits per heavy atom. The molecule has 2 amide bonds. The standard InChI is InChI=1S/C10H18N2O6S2/c1-20(17,18)8-6-19-5-4-12(8)10(16)11-3-2-7(13)9(14)15/h7-8,13H,2-6H2,1H3,(H,11,16)(H,14,15). The van der Waals surface area contributed by atoms with Gasteiger partial charge in [0, 0.05) is 37.3 Å². The lowest BCUT2D eigenvalue weighted by molar-refractivity contribution is -0.146. The Morgan fingerprint density at radius 2 is 2.15 bits per heavy atom. The topological polar surface area (TPSA) is 124 Å². The molecule has 2 atom stereocenters. The molecule has 0 aromatic heterocycles. The van der Waals surface area contributed by atoms with Gasteiger partial charge >= 0.3 is 12.0 Å². The molecule has 1 rings (SSSR count). The maximum Gasteiger partial charge on any atom is 0.332 e. The van der Waals surface area contributed by atoms with Crippen LogP contribution in [0.15, 0.2) is 0 Å². The van der Waals surface area contributed by atoms with Crippen molar-refractivity contribution in [1.82, 2.24) is 10.2 Å². The fraction of sp³-hybridized carbons (Fsp3) is 0.800. The minimum Gasteiger partial charge on any atom is -0.479 e. The number of carboxylic acids is 1. The third-order valence-electron chi connectivity index (χ3n) is 2.82.